The molecule has 0 amide bonds. The number of hydrogen-bond acceptors (Lipinski definition) is 3. The minimum absolute atomic E-state index is 0.359. The Hall–Kier alpha value is -1.70. The smallest absolute Gasteiger partial charge is 0.228 e. The van der Waals surface area contributed by atoms with Gasteiger partial charge in [0.1, 0.15) is 5.82 Å². The van der Waals surface area contributed by atoms with Crippen LogP contribution in [0.5, 0.6) is 0 Å². The van der Waals surface area contributed by atoms with E-state index in [0.29, 0.717) is 11.3 Å². The fourth-order valence-corrected chi connectivity index (χ4v) is 3.55. The zero-order chi connectivity index (χ0) is 16.6. The van der Waals surface area contributed by atoms with Crippen molar-refractivity contribution in [2.45, 2.75) is 6.04 Å². The summed E-state index contributed by atoms with van der Waals surface area (Å²) < 4.78 is 39.4. The van der Waals surface area contributed by atoms with Crippen LogP contribution < -0.4 is 5.43 Å². The molecule has 0 saturated heterocycles. The van der Waals surface area contributed by atoms with Gasteiger partial charge in [0.25, 0.3) is 0 Å². The molecule has 1 N–H and O–H groups in total. The molecule has 0 aromatic heterocycles. The molecule has 1 aliphatic rings. The zero-order valence-corrected chi connectivity index (χ0v) is 14.6. The van der Waals surface area contributed by atoms with Crippen molar-refractivity contribution < 1.29 is 12.8 Å². The van der Waals surface area contributed by atoms with Crippen LogP contribution in [-0.4, -0.2) is 19.1 Å². The lowest BCUT2D eigenvalue weighted by molar-refractivity contribution is 0.351. The Balaban J connectivity index is 2.02. The molecule has 0 bridgehead atoms. The Labute approximate surface area is 142 Å². The normalized spacial score (nSPS) is 18.6. The Morgan fingerprint density at radius 2 is 1.70 bits per heavy atom. The van der Waals surface area contributed by atoms with Crippen molar-refractivity contribution in [3.63, 3.8) is 0 Å². The van der Waals surface area contributed by atoms with Gasteiger partial charge in [-0.25, -0.2) is 12.8 Å². The summed E-state index contributed by atoms with van der Waals surface area (Å²) in [5.41, 5.74) is 5.18. The van der Waals surface area contributed by atoms with Crippen LogP contribution in [0.4, 0.5) is 4.39 Å². The van der Waals surface area contributed by atoms with Gasteiger partial charge in [0.05, 0.1) is 18.0 Å². The quantitative estimate of drug-likeness (QED) is 0.863. The average molecular weight is 397 g/mol. The third-order valence-corrected chi connectivity index (χ3v) is 5.09. The van der Waals surface area contributed by atoms with E-state index >= 15 is 0 Å². The van der Waals surface area contributed by atoms with Gasteiger partial charge < -0.3 is 5.43 Å². The van der Waals surface area contributed by atoms with E-state index in [1.54, 1.807) is 12.1 Å². The van der Waals surface area contributed by atoms with Crippen LogP contribution in [-0.2, 0) is 10.0 Å². The van der Waals surface area contributed by atoms with Gasteiger partial charge in [0.2, 0.25) is 10.0 Å². The highest BCUT2D eigenvalue weighted by Gasteiger charge is 2.33. The third-order valence-electron chi connectivity index (χ3n) is 3.53. The molecule has 23 heavy (non-hydrogen) atoms. The summed E-state index contributed by atoms with van der Waals surface area (Å²) in [4.78, 5) is 0. The first-order valence-corrected chi connectivity index (χ1v) is 9.48. The van der Waals surface area contributed by atoms with E-state index in [-0.39, 0.29) is 5.82 Å². The Bertz CT molecular complexity index is 849. The van der Waals surface area contributed by atoms with Gasteiger partial charge in [-0.3, -0.25) is 0 Å². The second-order valence-electron chi connectivity index (χ2n) is 5.25. The molecular formula is C16H14BrFN2O2S. The van der Waals surface area contributed by atoms with Crippen molar-refractivity contribution in [2.24, 2.45) is 0 Å². The Kier molecular flexibility index (Phi) is 4.27. The van der Waals surface area contributed by atoms with Crippen molar-refractivity contribution in [1.82, 2.24) is 9.84 Å². The first-order chi connectivity index (χ1) is 10.8. The predicted octanol–water partition coefficient (Wildman–Crippen LogP) is 3.45. The number of rotatable bonds is 3. The molecule has 7 heteroatoms. The molecule has 2 aromatic rings. The van der Waals surface area contributed by atoms with Crippen LogP contribution in [0.25, 0.3) is 5.70 Å². The van der Waals surface area contributed by atoms with Crippen molar-refractivity contribution in [1.29, 1.82) is 0 Å². The minimum atomic E-state index is -3.49. The lowest BCUT2D eigenvalue weighted by Crippen LogP contribution is -2.38. The maximum atomic E-state index is 13.1. The molecule has 0 aliphatic carbocycles. The number of benzene rings is 2. The summed E-state index contributed by atoms with van der Waals surface area (Å²) in [7, 11) is -3.49. The van der Waals surface area contributed by atoms with E-state index in [4.69, 9.17) is 0 Å². The summed E-state index contributed by atoms with van der Waals surface area (Å²) in [6.45, 7) is 0. The van der Waals surface area contributed by atoms with Crippen LogP contribution >= 0.6 is 15.9 Å². The molecule has 0 radical (unpaired) electrons. The molecule has 4 nitrogen and oxygen atoms in total. The number of sulfonamides is 1. The number of hydrogen-bond donors (Lipinski definition) is 1. The predicted molar refractivity (Wildman–Crippen MR) is 91.1 cm³/mol. The van der Waals surface area contributed by atoms with Crippen LogP contribution in [0.3, 0.4) is 0 Å². The van der Waals surface area contributed by atoms with Crippen LogP contribution in [0.15, 0.2) is 59.1 Å². The van der Waals surface area contributed by atoms with E-state index in [2.05, 4.69) is 21.4 Å². The van der Waals surface area contributed by atoms with Gasteiger partial charge >= 0.3 is 0 Å². The lowest BCUT2D eigenvalue weighted by atomic mass is 10.1. The van der Waals surface area contributed by atoms with Crippen LogP contribution in [0, 0.1) is 5.82 Å². The number of nitrogens with one attached hydrogen (secondary N) is 1. The SMILES string of the molecule is CS(=O)(=O)N1NC(c2ccc(Br)cc2)=CC1c1ccc(F)cc1. The lowest BCUT2D eigenvalue weighted by Gasteiger charge is -2.22. The van der Waals surface area contributed by atoms with Gasteiger partial charge in [-0.2, -0.15) is 0 Å². The van der Waals surface area contributed by atoms with E-state index in [1.807, 2.05) is 30.3 Å². The first-order valence-electron chi connectivity index (χ1n) is 6.84. The molecule has 1 aliphatic heterocycles. The minimum Gasteiger partial charge on any atom is -0.304 e. The molecule has 2 aromatic carbocycles. The average Bonchev–Trinajstić information content (AvgIpc) is 2.94. The van der Waals surface area contributed by atoms with Crippen LogP contribution in [0.2, 0.25) is 0 Å². The summed E-state index contributed by atoms with van der Waals surface area (Å²) in [6.07, 6.45) is 2.95. The molecule has 1 atom stereocenters. The van der Waals surface area contributed by atoms with Crippen molar-refractivity contribution in [3.05, 3.63) is 76.0 Å². The molecule has 120 valence electrons. The van der Waals surface area contributed by atoms with E-state index in [9.17, 15) is 12.8 Å². The summed E-state index contributed by atoms with van der Waals surface area (Å²) >= 11 is 3.37. The molecule has 0 spiro atoms. The fourth-order valence-electron chi connectivity index (χ4n) is 2.42. The van der Waals surface area contributed by atoms with E-state index in [1.165, 1.54) is 16.5 Å². The largest absolute Gasteiger partial charge is 0.304 e. The molecule has 0 fully saturated rings. The van der Waals surface area contributed by atoms with Gasteiger partial charge in [-0.1, -0.05) is 40.2 Å². The van der Waals surface area contributed by atoms with Crippen molar-refractivity contribution in [2.75, 3.05) is 6.26 Å². The monoisotopic (exact) mass is 396 g/mol. The summed E-state index contributed by atoms with van der Waals surface area (Å²) in [5.74, 6) is -0.359. The Morgan fingerprint density at radius 1 is 1.09 bits per heavy atom. The maximum absolute atomic E-state index is 13.1. The maximum Gasteiger partial charge on any atom is 0.228 e. The highest BCUT2D eigenvalue weighted by Crippen LogP contribution is 2.33. The van der Waals surface area contributed by atoms with E-state index < -0.39 is 16.1 Å². The highest BCUT2D eigenvalue weighted by molar-refractivity contribution is 9.10. The standard InChI is InChI=1S/C16H14BrFN2O2S/c1-23(21,22)20-16(12-4-8-14(18)9-5-12)10-15(19-20)11-2-6-13(17)7-3-11/h2-10,16,19H,1H3. The van der Waals surface area contributed by atoms with Crippen molar-refractivity contribution >= 4 is 31.7 Å². The second kappa shape index (κ2) is 6.07. The molecule has 1 unspecified atom stereocenters. The molecule has 3 rings (SSSR count). The van der Waals surface area contributed by atoms with Gasteiger partial charge in [-0.05, 0) is 41.5 Å². The third kappa shape index (κ3) is 3.46. The number of halogens is 2. The van der Waals surface area contributed by atoms with E-state index in [0.717, 1.165) is 16.3 Å². The number of hydrazine groups is 1. The molecular weight excluding hydrogens is 383 g/mol. The van der Waals surface area contributed by atoms with Crippen LogP contribution in [0.1, 0.15) is 17.2 Å². The molecule has 1 heterocycles. The Morgan fingerprint density at radius 3 is 2.26 bits per heavy atom. The topological polar surface area (TPSA) is 49.4 Å². The first kappa shape index (κ1) is 16.2. The van der Waals surface area contributed by atoms with Crippen molar-refractivity contribution in [3.8, 4) is 0 Å². The highest BCUT2D eigenvalue weighted by atomic mass is 79.9. The van der Waals surface area contributed by atoms with Gasteiger partial charge in [-0.15, -0.1) is 4.41 Å². The molecule has 0 saturated carbocycles. The zero-order valence-electron chi connectivity index (χ0n) is 12.2. The fraction of sp³-hybridized carbons (Fsp3) is 0.125. The van der Waals surface area contributed by atoms with Gasteiger partial charge in [0, 0.05) is 4.47 Å². The summed E-state index contributed by atoms with van der Waals surface area (Å²) in [5, 5.41) is 0. The van der Waals surface area contributed by atoms with Gasteiger partial charge in [0.15, 0.2) is 0 Å². The second-order valence-corrected chi connectivity index (χ2v) is 8.03. The number of nitrogens with zero attached hydrogens (tertiary/aromatic N) is 1. The summed E-state index contributed by atoms with van der Waals surface area (Å²) in [6, 6.07) is 12.8.